The number of aromatic amines is 1. The van der Waals surface area contributed by atoms with Crippen molar-refractivity contribution in [1.82, 2.24) is 25.0 Å². The molecule has 138 valence electrons. The lowest BCUT2D eigenvalue weighted by molar-refractivity contribution is -0.134. The molecular weight excluding hydrogens is 330 g/mol. The number of rotatable bonds is 3. The highest BCUT2D eigenvalue weighted by Gasteiger charge is 2.27. The van der Waals surface area contributed by atoms with Crippen LogP contribution >= 0.6 is 0 Å². The van der Waals surface area contributed by atoms with Gasteiger partial charge in [0.05, 0.1) is 5.56 Å². The number of aromatic nitrogens is 3. The Morgan fingerprint density at radius 3 is 2.85 bits per heavy atom. The lowest BCUT2D eigenvalue weighted by Crippen LogP contribution is -2.44. The van der Waals surface area contributed by atoms with Crippen molar-refractivity contribution in [1.29, 1.82) is 0 Å². The fourth-order valence-electron chi connectivity index (χ4n) is 4.00. The summed E-state index contributed by atoms with van der Waals surface area (Å²) in [6.45, 7) is 5.16. The van der Waals surface area contributed by atoms with Gasteiger partial charge in [-0.05, 0) is 44.6 Å². The minimum absolute atomic E-state index is 0.0347. The number of fused-ring (bicyclic) bond motifs is 1. The van der Waals surface area contributed by atoms with E-state index in [0.717, 1.165) is 62.9 Å². The predicted molar refractivity (Wildman–Crippen MR) is 97.7 cm³/mol. The van der Waals surface area contributed by atoms with E-state index in [2.05, 4.69) is 15.2 Å². The molecule has 0 bridgehead atoms. The van der Waals surface area contributed by atoms with Crippen LogP contribution in [0.25, 0.3) is 11.0 Å². The van der Waals surface area contributed by atoms with Crippen LogP contribution in [0.5, 0.6) is 0 Å². The average Bonchev–Trinajstić information content (AvgIpc) is 3.04. The zero-order valence-electron chi connectivity index (χ0n) is 15.2. The summed E-state index contributed by atoms with van der Waals surface area (Å²) >= 11 is 0. The second-order valence-corrected chi connectivity index (χ2v) is 7.48. The van der Waals surface area contributed by atoms with Gasteiger partial charge in [-0.2, -0.15) is 5.10 Å². The summed E-state index contributed by atoms with van der Waals surface area (Å²) in [6.07, 6.45) is 6.36. The number of pyridine rings is 1. The summed E-state index contributed by atoms with van der Waals surface area (Å²) in [4.78, 5) is 33.0. The largest absolute Gasteiger partial charge is 0.342 e. The molecule has 0 saturated carbocycles. The molecule has 2 aromatic heterocycles. The van der Waals surface area contributed by atoms with Crippen molar-refractivity contribution in [2.45, 2.75) is 39.0 Å². The first-order valence-corrected chi connectivity index (χ1v) is 9.49. The minimum Gasteiger partial charge on any atom is -0.342 e. The molecule has 26 heavy (non-hydrogen) atoms. The summed E-state index contributed by atoms with van der Waals surface area (Å²) in [7, 11) is 0. The van der Waals surface area contributed by atoms with Crippen LogP contribution in [-0.2, 0) is 4.79 Å². The molecule has 2 saturated heterocycles. The zero-order chi connectivity index (χ0) is 18.1. The molecule has 1 N–H and O–H groups in total. The van der Waals surface area contributed by atoms with Crippen LogP contribution in [0.2, 0.25) is 0 Å². The number of amides is 2. The number of H-pyrrole nitrogens is 1. The van der Waals surface area contributed by atoms with Gasteiger partial charge >= 0.3 is 0 Å². The second-order valence-electron chi connectivity index (χ2n) is 7.48. The number of nitrogens with one attached hydrogen (secondary N) is 1. The monoisotopic (exact) mass is 355 g/mol. The number of carbonyl (C=O) groups is 2. The lowest BCUT2D eigenvalue weighted by Gasteiger charge is -2.36. The Kier molecular flexibility index (Phi) is 4.61. The molecule has 2 aliphatic heterocycles. The summed E-state index contributed by atoms with van der Waals surface area (Å²) in [6, 6.07) is 1.88. The molecule has 2 aromatic rings. The Labute approximate surface area is 152 Å². The van der Waals surface area contributed by atoms with Gasteiger partial charge in [-0.25, -0.2) is 4.98 Å². The first kappa shape index (κ1) is 17.0. The number of aryl methyl sites for hydroxylation is 1. The minimum atomic E-state index is 0.0347. The van der Waals surface area contributed by atoms with Gasteiger partial charge in [0.25, 0.3) is 5.91 Å². The zero-order valence-corrected chi connectivity index (χ0v) is 15.2. The Morgan fingerprint density at radius 2 is 2.08 bits per heavy atom. The topological polar surface area (TPSA) is 82.2 Å². The van der Waals surface area contributed by atoms with E-state index in [4.69, 9.17) is 0 Å². The predicted octanol–water partition coefficient (Wildman–Crippen LogP) is 2.13. The van der Waals surface area contributed by atoms with Crippen molar-refractivity contribution < 1.29 is 9.59 Å². The third-order valence-electron chi connectivity index (χ3n) is 5.65. The maximum atomic E-state index is 12.8. The number of likely N-dealkylation sites (tertiary alicyclic amines) is 2. The van der Waals surface area contributed by atoms with Gasteiger partial charge in [-0.15, -0.1) is 0 Å². The van der Waals surface area contributed by atoms with Crippen molar-refractivity contribution in [3.63, 3.8) is 0 Å². The van der Waals surface area contributed by atoms with E-state index in [1.54, 1.807) is 6.20 Å². The second kappa shape index (κ2) is 7.05. The van der Waals surface area contributed by atoms with Crippen molar-refractivity contribution >= 4 is 22.8 Å². The van der Waals surface area contributed by atoms with E-state index in [-0.39, 0.29) is 5.91 Å². The van der Waals surface area contributed by atoms with E-state index in [0.29, 0.717) is 29.5 Å². The normalized spacial score (nSPS) is 19.3. The van der Waals surface area contributed by atoms with Gasteiger partial charge in [0, 0.05) is 49.9 Å². The molecule has 2 aliphatic rings. The number of carbonyl (C=O) groups excluding carboxylic acids is 2. The molecule has 0 radical (unpaired) electrons. The summed E-state index contributed by atoms with van der Waals surface area (Å²) in [5, 5.41) is 7.91. The summed E-state index contributed by atoms with van der Waals surface area (Å²) in [5.74, 6) is 0.829. The maximum Gasteiger partial charge on any atom is 0.255 e. The Bertz CT molecular complexity index is 822. The number of nitrogens with zero attached hydrogens (tertiary/aromatic N) is 4. The average molecular weight is 355 g/mol. The summed E-state index contributed by atoms with van der Waals surface area (Å²) < 4.78 is 0. The first-order valence-electron chi connectivity index (χ1n) is 9.49. The Morgan fingerprint density at radius 1 is 1.27 bits per heavy atom. The van der Waals surface area contributed by atoms with Gasteiger partial charge in [0.2, 0.25) is 5.91 Å². The molecule has 4 heterocycles. The molecule has 0 spiro atoms. The molecule has 7 heteroatoms. The molecule has 0 unspecified atom stereocenters. The number of hydrogen-bond donors (Lipinski definition) is 1. The third kappa shape index (κ3) is 3.30. The quantitative estimate of drug-likeness (QED) is 0.914. The summed E-state index contributed by atoms with van der Waals surface area (Å²) in [5.41, 5.74) is 2.18. The van der Waals surface area contributed by atoms with E-state index >= 15 is 0 Å². The molecule has 4 rings (SSSR count). The van der Waals surface area contributed by atoms with E-state index < -0.39 is 0 Å². The van der Waals surface area contributed by atoms with Crippen LogP contribution in [0.15, 0.2) is 12.3 Å². The van der Waals surface area contributed by atoms with Crippen molar-refractivity contribution in [3.8, 4) is 0 Å². The number of piperidine rings is 2. The van der Waals surface area contributed by atoms with Crippen LogP contribution in [0.1, 0.15) is 48.2 Å². The molecule has 0 aromatic carbocycles. The highest BCUT2D eigenvalue weighted by atomic mass is 16.2. The number of hydrogen-bond acceptors (Lipinski definition) is 4. The van der Waals surface area contributed by atoms with Crippen LogP contribution in [0, 0.1) is 12.8 Å². The van der Waals surface area contributed by atoms with Gasteiger partial charge < -0.3 is 9.80 Å². The fourth-order valence-corrected chi connectivity index (χ4v) is 4.00. The van der Waals surface area contributed by atoms with Crippen molar-refractivity contribution in [2.75, 3.05) is 26.2 Å². The molecule has 0 atom stereocenters. The molecular formula is C19H25N5O2. The Balaban J connectivity index is 1.36. The smallest absolute Gasteiger partial charge is 0.255 e. The van der Waals surface area contributed by atoms with Crippen LogP contribution in [0.4, 0.5) is 0 Å². The third-order valence-corrected chi connectivity index (χ3v) is 5.65. The lowest BCUT2D eigenvalue weighted by atomic mass is 9.94. The SMILES string of the molecule is Cc1[nH]nc2ncc(C(=O)N3CCC(CN4CCCCC4=O)CC3)cc12. The maximum absolute atomic E-state index is 12.8. The molecule has 2 fully saturated rings. The van der Waals surface area contributed by atoms with Crippen LogP contribution in [0.3, 0.4) is 0 Å². The van der Waals surface area contributed by atoms with Crippen LogP contribution < -0.4 is 0 Å². The highest BCUT2D eigenvalue weighted by Crippen LogP contribution is 2.23. The Hall–Kier alpha value is -2.44. The molecule has 7 nitrogen and oxygen atoms in total. The van der Waals surface area contributed by atoms with Gasteiger partial charge in [0.1, 0.15) is 0 Å². The first-order chi connectivity index (χ1) is 12.6. The van der Waals surface area contributed by atoms with Gasteiger partial charge in [0.15, 0.2) is 5.65 Å². The van der Waals surface area contributed by atoms with Crippen molar-refractivity contribution in [3.05, 3.63) is 23.5 Å². The van der Waals surface area contributed by atoms with Gasteiger partial charge in [-0.1, -0.05) is 0 Å². The molecule has 2 amide bonds. The fraction of sp³-hybridized carbons (Fsp3) is 0.579. The van der Waals surface area contributed by atoms with Gasteiger partial charge in [-0.3, -0.25) is 14.7 Å². The van der Waals surface area contributed by atoms with E-state index in [1.165, 1.54) is 0 Å². The van der Waals surface area contributed by atoms with Crippen molar-refractivity contribution in [2.24, 2.45) is 5.92 Å². The molecule has 0 aliphatic carbocycles. The highest BCUT2D eigenvalue weighted by molar-refractivity contribution is 5.97. The van der Waals surface area contributed by atoms with E-state index in [1.807, 2.05) is 22.8 Å². The standard InChI is InChI=1S/C19H25N5O2/c1-13-16-10-15(11-20-18(16)22-21-13)19(26)23-8-5-14(6-9-23)12-24-7-3-2-4-17(24)25/h10-11,14H,2-9,12H2,1H3,(H,20,21,22). The van der Waals surface area contributed by atoms with Crippen LogP contribution in [-0.4, -0.2) is 63.0 Å². The van der Waals surface area contributed by atoms with E-state index in [9.17, 15) is 9.59 Å².